The summed E-state index contributed by atoms with van der Waals surface area (Å²) >= 11 is 0. The predicted molar refractivity (Wildman–Crippen MR) is 98.4 cm³/mol. The van der Waals surface area contributed by atoms with Crippen molar-refractivity contribution in [3.05, 3.63) is 53.9 Å². The fraction of sp³-hybridized carbons (Fsp3) is 0.105. The van der Waals surface area contributed by atoms with E-state index in [9.17, 15) is 14.7 Å². The van der Waals surface area contributed by atoms with Crippen LogP contribution in [0.15, 0.2) is 47.0 Å². The van der Waals surface area contributed by atoms with Gasteiger partial charge in [-0.3, -0.25) is 9.48 Å². The van der Waals surface area contributed by atoms with E-state index in [1.165, 1.54) is 18.0 Å². The Kier molecular flexibility index (Phi) is 3.80. The molecule has 4 rings (SSSR count). The maximum absolute atomic E-state index is 12.6. The van der Waals surface area contributed by atoms with Crippen molar-refractivity contribution >= 4 is 39.5 Å². The van der Waals surface area contributed by atoms with E-state index in [-0.39, 0.29) is 11.3 Å². The molecule has 4 aromatic rings. The minimum atomic E-state index is -1.23. The standard InChI is InChI=1S/C19H15N3O5/c1-22-9-12(19(24)25)17(21-22)18(23)20-13-8-15-11(7-16(13)26-2)10-5-3-4-6-14(10)27-15/h3-9H,1-2H3,(H,20,23)(H,24,25). The summed E-state index contributed by atoms with van der Waals surface area (Å²) < 4.78 is 12.5. The highest BCUT2D eigenvalue weighted by Gasteiger charge is 2.22. The van der Waals surface area contributed by atoms with Gasteiger partial charge in [-0.2, -0.15) is 5.10 Å². The fourth-order valence-electron chi connectivity index (χ4n) is 3.01. The van der Waals surface area contributed by atoms with Gasteiger partial charge in [0.25, 0.3) is 5.91 Å². The van der Waals surface area contributed by atoms with Gasteiger partial charge in [0.1, 0.15) is 22.5 Å². The van der Waals surface area contributed by atoms with Crippen molar-refractivity contribution in [2.45, 2.75) is 0 Å². The summed E-state index contributed by atoms with van der Waals surface area (Å²) in [6, 6.07) is 11.0. The Morgan fingerprint density at radius 1 is 1.19 bits per heavy atom. The fourth-order valence-corrected chi connectivity index (χ4v) is 3.01. The summed E-state index contributed by atoms with van der Waals surface area (Å²) in [5.74, 6) is -1.45. The number of benzene rings is 2. The van der Waals surface area contributed by atoms with E-state index in [2.05, 4.69) is 10.4 Å². The van der Waals surface area contributed by atoms with Gasteiger partial charge in [0.2, 0.25) is 0 Å². The van der Waals surface area contributed by atoms with Gasteiger partial charge in [-0.05, 0) is 12.1 Å². The average Bonchev–Trinajstić information content (AvgIpc) is 3.21. The van der Waals surface area contributed by atoms with Crippen molar-refractivity contribution in [2.75, 3.05) is 12.4 Å². The topological polar surface area (TPSA) is 107 Å². The van der Waals surface area contributed by atoms with Crippen LogP contribution < -0.4 is 10.1 Å². The number of anilines is 1. The molecule has 0 bridgehead atoms. The lowest BCUT2D eigenvalue weighted by Gasteiger charge is -2.09. The number of fused-ring (bicyclic) bond motifs is 3. The Morgan fingerprint density at radius 3 is 2.70 bits per heavy atom. The largest absolute Gasteiger partial charge is 0.495 e. The quantitative estimate of drug-likeness (QED) is 0.575. The highest BCUT2D eigenvalue weighted by molar-refractivity contribution is 6.12. The summed E-state index contributed by atoms with van der Waals surface area (Å²) in [6.45, 7) is 0. The van der Waals surface area contributed by atoms with Gasteiger partial charge in [-0.15, -0.1) is 0 Å². The summed E-state index contributed by atoms with van der Waals surface area (Å²) in [6.07, 6.45) is 1.27. The minimum absolute atomic E-state index is 0.182. The second-order valence-corrected chi connectivity index (χ2v) is 5.97. The first-order valence-electron chi connectivity index (χ1n) is 8.05. The Balaban J connectivity index is 1.78. The number of carboxylic acids is 1. The molecule has 1 amide bonds. The monoisotopic (exact) mass is 365 g/mol. The van der Waals surface area contributed by atoms with Crippen LogP contribution in [0.25, 0.3) is 21.9 Å². The number of furan rings is 1. The zero-order chi connectivity index (χ0) is 19.1. The van der Waals surface area contributed by atoms with E-state index in [4.69, 9.17) is 9.15 Å². The average molecular weight is 365 g/mol. The number of amides is 1. The van der Waals surface area contributed by atoms with Crippen LogP contribution in [-0.4, -0.2) is 33.9 Å². The first-order chi connectivity index (χ1) is 13.0. The van der Waals surface area contributed by atoms with Gasteiger partial charge in [0.15, 0.2) is 5.69 Å². The molecule has 2 aromatic carbocycles. The van der Waals surface area contributed by atoms with Crippen molar-refractivity contribution in [3.63, 3.8) is 0 Å². The number of aryl methyl sites for hydroxylation is 1. The molecule has 8 nitrogen and oxygen atoms in total. The Labute approximate surface area is 152 Å². The SMILES string of the molecule is COc1cc2c(cc1NC(=O)c1nn(C)cc1C(=O)O)oc1ccccc12. The van der Waals surface area contributed by atoms with Crippen molar-refractivity contribution in [3.8, 4) is 5.75 Å². The van der Waals surface area contributed by atoms with Gasteiger partial charge >= 0.3 is 5.97 Å². The Bertz CT molecular complexity index is 1200. The Hall–Kier alpha value is -3.81. The summed E-state index contributed by atoms with van der Waals surface area (Å²) in [7, 11) is 3.03. The number of methoxy groups -OCH3 is 1. The third-order valence-electron chi connectivity index (χ3n) is 4.22. The van der Waals surface area contributed by atoms with E-state index < -0.39 is 11.9 Å². The van der Waals surface area contributed by atoms with E-state index in [0.717, 1.165) is 16.4 Å². The number of para-hydroxylation sites is 1. The maximum Gasteiger partial charge on any atom is 0.339 e. The van der Waals surface area contributed by atoms with Crippen molar-refractivity contribution in [1.82, 2.24) is 9.78 Å². The second kappa shape index (κ2) is 6.17. The molecule has 2 N–H and O–H groups in total. The highest BCUT2D eigenvalue weighted by atomic mass is 16.5. The van der Waals surface area contributed by atoms with Gasteiger partial charge in [-0.25, -0.2) is 4.79 Å². The Morgan fingerprint density at radius 2 is 1.96 bits per heavy atom. The number of aromatic carboxylic acids is 1. The van der Waals surface area contributed by atoms with Gasteiger partial charge in [0, 0.05) is 30.1 Å². The van der Waals surface area contributed by atoms with Crippen molar-refractivity contribution in [1.29, 1.82) is 0 Å². The van der Waals surface area contributed by atoms with Crippen LogP contribution in [0.3, 0.4) is 0 Å². The summed E-state index contributed by atoms with van der Waals surface area (Å²) in [5.41, 5.74) is 1.29. The van der Waals surface area contributed by atoms with Crippen LogP contribution in [0.4, 0.5) is 5.69 Å². The molecule has 0 aliphatic carbocycles. The lowest BCUT2D eigenvalue weighted by Crippen LogP contribution is -2.16. The lowest BCUT2D eigenvalue weighted by molar-refractivity contribution is 0.0692. The molecule has 0 fully saturated rings. The number of rotatable bonds is 4. The van der Waals surface area contributed by atoms with Crippen LogP contribution in [-0.2, 0) is 7.05 Å². The maximum atomic E-state index is 12.6. The van der Waals surface area contributed by atoms with Gasteiger partial charge < -0.3 is 19.6 Å². The van der Waals surface area contributed by atoms with E-state index in [0.29, 0.717) is 17.0 Å². The molecule has 0 radical (unpaired) electrons. The first kappa shape index (κ1) is 16.6. The molecule has 0 unspecified atom stereocenters. The summed E-state index contributed by atoms with van der Waals surface area (Å²) in [4.78, 5) is 23.9. The molecule has 136 valence electrons. The van der Waals surface area contributed by atoms with E-state index >= 15 is 0 Å². The smallest absolute Gasteiger partial charge is 0.339 e. The molecule has 8 heteroatoms. The normalized spacial score (nSPS) is 11.0. The summed E-state index contributed by atoms with van der Waals surface area (Å²) in [5, 5.41) is 17.6. The molecular formula is C19H15N3O5. The molecule has 0 saturated carbocycles. The number of carboxylic acid groups (broad SMARTS) is 1. The molecule has 2 aromatic heterocycles. The zero-order valence-corrected chi connectivity index (χ0v) is 14.5. The number of carbonyl (C=O) groups is 2. The first-order valence-corrected chi connectivity index (χ1v) is 8.05. The molecule has 0 atom stereocenters. The molecule has 0 aliphatic rings. The molecule has 2 heterocycles. The lowest BCUT2D eigenvalue weighted by atomic mass is 10.1. The number of aromatic nitrogens is 2. The molecule has 27 heavy (non-hydrogen) atoms. The van der Waals surface area contributed by atoms with Crippen LogP contribution in [0.1, 0.15) is 20.8 Å². The predicted octanol–water partition coefficient (Wildman–Crippen LogP) is 3.28. The van der Waals surface area contributed by atoms with Crippen molar-refractivity contribution < 1.29 is 23.8 Å². The molecule has 0 spiro atoms. The van der Waals surface area contributed by atoms with E-state index in [1.807, 2.05) is 24.3 Å². The number of hydrogen-bond acceptors (Lipinski definition) is 5. The number of nitrogens with one attached hydrogen (secondary N) is 1. The van der Waals surface area contributed by atoms with Crippen LogP contribution in [0.2, 0.25) is 0 Å². The number of carbonyl (C=O) groups excluding carboxylic acids is 1. The zero-order valence-electron chi connectivity index (χ0n) is 14.5. The van der Waals surface area contributed by atoms with Crippen LogP contribution in [0.5, 0.6) is 5.75 Å². The molecular weight excluding hydrogens is 350 g/mol. The molecule has 0 aliphatic heterocycles. The number of ether oxygens (including phenoxy) is 1. The minimum Gasteiger partial charge on any atom is -0.495 e. The van der Waals surface area contributed by atoms with Crippen LogP contribution in [0, 0.1) is 0 Å². The number of hydrogen-bond donors (Lipinski definition) is 2. The number of nitrogens with zero attached hydrogens (tertiary/aromatic N) is 2. The highest BCUT2D eigenvalue weighted by Crippen LogP contribution is 2.36. The third-order valence-corrected chi connectivity index (χ3v) is 4.22. The van der Waals surface area contributed by atoms with Crippen molar-refractivity contribution in [2.24, 2.45) is 7.05 Å². The second-order valence-electron chi connectivity index (χ2n) is 5.97. The van der Waals surface area contributed by atoms with E-state index in [1.54, 1.807) is 19.2 Å². The third kappa shape index (κ3) is 2.77. The molecule has 0 saturated heterocycles. The van der Waals surface area contributed by atoms with Crippen LogP contribution >= 0.6 is 0 Å². The van der Waals surface area contributed by atoms with Gasteiger partial charge in [0.05, 0.1) is 12.8 Å². The van der Waals surface area contributed by atoms with Gasteiger partial charge in [-0.1, -0.05) is 18.2 Å².